The third kappa shape index (κ3) is 3.07. The fourth-order valence-electron chi connectivity index (χ4n) is 1.81. The molecule has 2 aromatic carbocycles. The van der Waals surface area contributed by atoms with E-state index in [1.807, 2.05) is 50.2 Å². The Kier molecular flexibility index (Phi) is 4.09. The van der Waals surface area contributed by atoms with Crippen molar-refractivity contribution in [3.63, 3.8) is 0 Å². The first-order valence-corrected chi connectivity index (χ1v) is 6.99. The monoisotopic (exact) mass is 366 g/mol. The molecule has 2 rings (SSSR count). The number of nitrogens with one attached hydrogen (secondary N) is 1. The van der Waals surface area contributed by atoms with Gasteiger partial charge < -0.3 is 11.1 Å². The Labute approximate surface area is 126 Å². The van der Waals surface area contributed by atoms with E-state index >= 15 is 0 Å². The average molecular weight is 366 g/mol. The summed E-state index contributed by atoms with van der Waals surface area (Å²) in [5.74, 6) is -0.0997. The molecule has 0 saturated heterocycles. The van der Waals surface area contributed by atoms with Gasteiger partial charge in [-0.1, -0.05) is 12.1 Å². The van der Waals surface area contributed by atoms with E-state index in [9.17, 15) is 4.79 Å². The lowest BCUT2D eigenvalue weighted by atomic mass is 10.1. The Morgan fingerprint density at radius 2 is 1.84 bits per heavy atom. The molecule has 0 heterocycles. The third-order valence-electron chi connectivity index (χ3n) is 2.98. The van der Waals surface area contributed by atoms with Crippen LogP contribution in [0.1, 0.15) is 21.5 Å². The number of rotatable bonds is 2. The smallest absolute Gasteiger partial charge is 0.256 e. The molecule has 19 heavy (non-hydrogen) atoms. The molecule has 3 N–H and O–H groups in total. The summed E-state index contributed by atoms with van der Waals surface area (Å²) in [6.45, 7) is 3.86. The molecular weight excluding hydrogens is 351 g/mol. The summed E-state index contributed by atoms with van der Waals surface area (Å²) >= 11 is 2.16. The van der Waals surface area contributed by atoms with Crippen LogP contribution in [-0.4, -0.2) is 5.91 Å². The van der Waals surface area contributed by atoms with Crippen molar-refractivity contribution in [2.24, 2.45) is 0 Å². The highest BCUT2D eigenvalue weighted by Crippen LogP contribution is 2.23. The van der Waals surface area contributed by atoms with Gasteiger partial charge in [-0.2, -0.15) is 0 Å². The molecule has 0 spiro atoms. The van der Waals surface area contributed by atoms with Crippen molar-refractivity contribution >= 4 is 39.9 Å². The van der Waals surface area contributed by atoms with E-state index in [0.29, 0.717) is 5.56 Å². The number of hydrogen-bond acceptors (Lipinski definition) is 2. The number of hydrogen-bond donors (Lipinski definition) is 2. The molecule has 2 aromatic rings. The quantitative estimate of drug-likeness (QED) is 0.629. The van der Waals surface area contributed by atoms with Crippen molar-refractivity contribution in [1.29, 1.82) is 0 Å². The van der Waals surface area contributed by atoms with E-state index in [2.05, 4.69) is 27.9 Å². The van der Waals surface area contributed by atoms with Crippen LogP contribution in [0.5, 0.6) is 0 Å². The maximum Gasteiger partial charge on any atom is 0.256 e. The number of nitrogens with two attached hydrogens (primary N) is 1. The Morgan fingerprint density at radius 1 is 1.16 bits per heavy atom. The summed E-state index contributed by atoms with van der Waals surface area (Å²) in [4.78, 5) is 12.2. The molecule has 0 atom stereocenters. The molecule has 3 nitrogen and oxygen atoms in total. The summed E-state index contributed by atoms with van der Waals surface area (Å²) in [6, 6.07) is 11.3. The zero-order chi connectivity index (χ0) is 14.0. The van der Waals surface area contributed by atoms with Crippen molar-refractivity contribution in [1.82, 2.24) is 0 Å². The third-order valence-corrected chi connectivity index (χ3v) is 3.92. The molecular formula is C15H15IN2O. The highest BCUT2D eigenvalue weighted by molar-refractivity contribution is 14.1. The lowest BCUT2D eigenvalue weighted by molar-refractivity contribution is 0.102. The van der Waals surface area contributed by atoms with Gasteiger partial charge in [0.1, 0.15) is 0 Å². The number of benzene rings is 2. The zero-order valence-electron chi connectivity index (χ0n) is 10.8. The van der Waals surface area contributed by atoms with Crippen molar-refractivity contribution < 1.29 is 4.79 Å². The fourth-order valence-corrected chi connectivity index (χ4v) is 2.44. The number of nitrogen functional groups attached to an aromatic ring is 1. The van der Waals surface area contributed by atoms with Gasteiger partial charge in [0.2, 0.25) is 0 Å². The van der Waals surface area contributed by atoms with E-state index in [1.165, 1.54) is 0 Å². The van der Waals surface area contributed by atoms with Crippen LogP contribution in [0, 0.1) is 17.4 Å². The Hall–Kier alpha value is -1.56. The van der Waals surface area contributed by atoms with Crippen LogP contribution in [0.25, 0.3) is 0 Å². The molecule has 0 aliphatic rings. The SMILES string of the molecule is Cc1cc(NC(=O)c2ccccc2I)c(C)cc1N. The largest absolute Gasteiger partial charge is 0.399 e. The van der Waals surface area contributed by atoms with Crippen molar-refractivity contribution in [2.75, 3.05) is 11.1 Å². The summed E-state index contributed by atoms with van der Waals surface area (Å²) in [5, 5.41) is 2.94. The topological polar surface area (TPSA) is 55.1 Å². The van der Waals surface area contributed by atoms with Gasteiger partial charge in [-0.25, -0.2) is 0 Å². The number of amides is 1. The van der Waals surface area contributed by atoms with E-state index in [0.717, 1.165) is 26.1 Å². The summed E-state index contributed by atoms with van der Waals surface area (Å²) < 4.78 is 0.933. The molecule has 0 unspecified atom stereocenters. The van der Waals surface area contributed by atoms with E-state index in [4.69, 9.17) is 5.73 Å². The second-order valence-corrected chi connectivity index (χ2v) is 5.62. The molecule has 0 aliphatic heterocycles. The van der Waals surface area contributed by atoms with Gasteiger partial charge in [-0.3, -0.25) is 4.79 Å². The number of anilines is 2. The molecule has 0 fully saturated rings. The highest BCUT2D eigenvalue weighted by atomic mass is 127. The number of halogens is 1. The second-order valence-electron chi connectivity index (χ2n) is 4.46. The highest BCUT2D eigenvalue weighted by Gasteiger charge is 2.11. The number of carbonyl (C=O) groups excluding carboxylic acids is 1. The van der Waals surface area contributed by atoms with Gasteiger partial charge in [0.15, 0.2) is 0 Å². The molecule has 0 radical (unpaired) electrons. The van der Waals surface area contributed by atoms with Crippen molar-refractivity contribution in [2.45, 2.75) is 13.8 Å². The van der Waals surface area contributed by atoms with Gasteiger partial charge in [0, 0.05) is 14.9 Å². The minimum Gasteiger partial charge on any atom is -0.399 e. The van der Waals surface area contributed by atoms with Gasteiger partial charge in [-0.15, -0.1) is 0 Å². The van der Waals surface area contributed by atoms with Gasteiger partial charge in [0.05, 0.1) is 5.56 Å². The van der Waals surface area contributed by atoms with Crippen LogP contribution < -0.4 is 11.1 Å². The minimum atomic E-state index is -0.0997. The molecule has 1 amide bonds. The van der Waals surface area contributed by atoms with Crippen molar-refractivity contribution in [3.8, 4) is 0 Å². The van der Waals surface area contributed by atoms with Crippen LogP contribution in [-0.2, 0) is 0 Å². The predicted octanol–water partition coefficient (Wildman–Crippen LogP) is 3.74. The predicted molar refractivity (Wildman–Crippen MR) is 87.4 cm³/mol. The fraction of sp³-hybridized carbons (Fsp3) is 0.133. The maximum atomic E-state index is 12.2. The molecule has 0 bridgehead atoms. The first-order chi connectivity index (χ1) is 8.99. The zero-order valence-corrected chi connectivity index (χ0v) is 13.0. The molecule has 0 aromatic heterocycles. The minimum absolute atomic E-state index is 0.0997. The normalized spacial score (nSPS) is 10.3. The van der Waals surface area contributed by atoms with Crippen LogP contribution in [0.3, 0.4) is 0 Å². The average Bonchev–Trinajstić information content (AvgIpc) is 2.36. The van der Waals surface area contributed by atoms with Crippen LogP contribution >= 0.6 is 22.6 Å². The second kappa shape index (κ2) is 5.61. The van der Waals surface area contributed by atoms with Gasteiger partial charge in [-0.05, 0) is 71.8 Å². The van der Waals surface area contributed by atoms with E-state index in [-0.39, 0.29) is 5.91 Å². The first kappa shape index (κ1) is 13.9. The first-order valence-electron chi connectivity index (χ1n) is 5.91. The lowest BCUT2D eigenvalue weighted by Crippen LogP contribution is -2.14. The van der Waals surface area contributed by atoms with E-state index < -0.39 is 0 Å². The number of carbonyl (C=O) groups is 1. The van der Waals surface area contributed by atoms with Crippen LogP contribution in [0.4, 0.5) is 11.4 Å². The van der Waals surface area contributed by atoms with Gasteiger partial charge in [0.25, 0.3) is 5.91 Å². The van der Waals surface area contributed by atoms with E-state index in [1.54, 1.807) is 0 Å². The molecule has 0 saturated carbocycles. The van der Waals surface area contributed by atoms with Crippen molar-refractivity contribution in [3.05, 3.63) is 56.7 Å². The molecule has 0 aliphatic carbocycles. The Bertz CT molecular complexity index is 638. The maximum absolute atomic E-state index is 12.2. The summed E-state index contributed by atoms with van der Waals surface area (Å²) in [6.07, 6.45) is 0. The van der Waals surface area contributed by atoms with Crippen LogP contribution in [0.15, 0.2) is 36.4 Å². The standard InChI is InChI=1S/C15H15IN2O/c1-9-8-14(10(2)7-13(9)17)18-15(19)11-5-3-4-6-12(11)16/h3-8H,17H2,1-2H3,(H,18,19). The Balaban J connectivity index is 2.30. The molecule has 98 valence electrons. The summed E-state index contributed by atoms with van der Waals surface area (Å²) in [5.41, 5.74) is 9.98. The number of aryl methyl sites for hydroxylation is 2. The van der Waals surface area contributed by atoms with Crippen LogP contribution in [0.2, 0.25) is 0 Å². The van der Waals surface area contributed by atoms with Gasteiger partial charge >= 0.3 is 0 Å². The summed E-state index contributed by atoms with van der Waals surface area (Å²) in [7, 11) is 0. The Morgan fingerprint density at radius 3 is 2.53 bits per heavy atom. The lowest BCUT2D eigenvalue weighted by Gasteiger charge is -2.12. The molecule has 4 heteroatoms.